The third-order valence-electron chi connectivity index (χ3n) is 3.00. The molecule has 0 saturated carbocycles. The first-order valence-electron chi connectivity index (χ1n) is 7.35. The van der Waals surface area contributed by atoms with Gasteiger partial charge < -0.3 is 19.9 Å². The number of nitrogens with one attached hydrogen (secondary N) is 1. The van der Waals surface area contributed by atoms with E-state index in [1.165, 1.54) is 0 Å². The molecule has 4 nitrogen and oxygen atoms in total. The normalized spacial score (nSPS) is 14.4. The lowest BCUT2D eigenvalue weighted by Gasteiger charge is -2.18. The average molecular weight is 316 g/mol. The minimum atomic E-state index is -0.536. The molecule has 1 rings (SSSR count). The Morgan fingerprint density at radius 2 is 2.00 bits per heavy atom. The van der Waals surface area contributed by atoms with Crippen LogP contribution in [0, 0.1) is 0 Å². The molecule has 0 radical (unpaired) electrons. The van der Waals surface area contributed by atoms with E-state index in [0.717, 1.165) is 10.6 Å². The molecule has 0 aliphatic carbocycles. The van der Waals surface area contributed by atoms with E-state index in [0.29, 0.717) is 26.4 Å². The summed E-state index contributed by atoms with van der Waals surface area (Å²) in [6, 6.07) is 7.83. The maximum absolute atomic E-state index is 9.85. The number of rotatable bonds is 10. The summed E-state index contributed by atoms with van der Waals surface area (Å²) in [5, 5.41) is 13.8. The van der Waals surface area contributed by atoms with Gasteiger partial charge in [0.1, 0.15) is 0 Å². The van der Waals surface area contributed by atoms with Crippen LogP contribution in [-0.4, -0.2) is 43.7 Å². The van der Waals surface area contributed by atoms with Crippen molar-refractivity contribution >= 4 is 11.6 Å². The highest BCUT2D eigenvalue weighted by Crippen LogP contribution is 2.17. The van der Waals surface area contributed by atoms with Crippen LogP contribution in [0.25, 0.3) is 0 Å². The maximum Gasteiger partial charge on any atom is 0.0897 e. The third-order valence-corrected chi connectivity index (χ3v) is 3.23. The molecule has 1 unspecified atom stereocenters. The van der Waals surface area contributed by atoms with Crippen LogP contribution in [0.15, 0.2) is 24.3 Å². The van der Waals surface area contributed by atoms with Crippen LogP contribution in [0.4, 0.5) is 0 Å². The van der Waals surface area contributed by atoms with Crippen LogP contribution < -0.4 is 5.32 Å². The van der Waals surface area contributed by atoms with Gasteiger partial charge in [-0.1, -0.05) is 23.7 Å². The van der Waals surface area contributed by atoms with E-state index >= 15 is 0 Å². The fourth-order valence-electron chi connectivity index (χ4n) is 1.83. The first kappa shape index (κ1) is 18.4. The summed E-state index contributed by atoms with van der Waals surface area (Å²) >= 11 is 5.96. The standard InChI is InChI=1S/C16H26ClNO3/c1-12(2)21-8-7-20-11-16(19)10-18-13(3)14-5-4-6-15(17)9-14/h4-6,9,12-13,16,18-19H,7-8,10-11H2,1-3H3/t13-,16?/m1/s1. The van der Waals surface area contributed by atoms with Crippen molar-refractivity contribution in [2.45, 2.75) is 39.0 Å². The summed E-state index contributed by atoms with van der Waals surface area (Å²) in [5.74, 6) is 0. The number of aliphatic hydroxyl groups is 1. The molecule has 0 bridgehead atoms. The summed E-state index contributed by atoms with van der Waals surface area (Å²) in [6.45, 7) is 7.83. The van der Waals surface area contributed by atoms with Crippen LogP contribution >= 0.6 is 11.6 Å². The first-order chi connectivity index (χ1) is 9.99. The van der Waals surface area contributed by atoms with Gasteiger partial charge in [0.05, 0.1) is 32.0 Å². The Kier molecular flexibility index (Phi) is 8.88. The number of benzene rings is 1. The van der Waals surface area contributed by atoms with E-state index in [9.17, 15) is 5.11 Å². The molecular weight excluding hydrogens is 290 g/mol. The molecule has 1 aromatic rings. The summed E-state index contributed by atoms with van der Waals surface area (Å²) in [4.78, 5) is 0. The molecule has 0 heterocycles. The Morgan fingerprint density at radius 3 is 2.67 bits per heavy atom. The minimum Gasteiger partial charge on any atom is -0.389 e. The SMILES string of the molecule is CC(C)OCCOCC(O)CN[C@H](C)c1cccc(Cl)c1. The van der Waals surface area contributed by atoms with Crippen molar-refractivity contribution in [3.05, 3.63) is 34.9 Å². The van der Waals surface area contributed by atoms with Gasteiger partial charge in [0, 0.05) is 17.6 Å². The van der Waals surface area contributed by atoms with Gasteiger partial charge in [-0.05, 0) is 38.5 Å². The molecule has 120 valence electrons. The molecule has 0 spiro atoms. The van der Waals surface area contributed by atoms with Gasteiger partial charge in [0.15, 0.2) is 0 Å². The number of hydrogen-bond acceptors (Lipinski definition) is 4. The minimum absolute atomic E-state index is 0.127. The Balaban J connectivity index is 2.16. The van der Waals surface area contributed by atoms with Crippen molar-refractivity contribution in [1.82, 2.24) is 5.32 Å². The van der Waals surface area contributed by atoms with Gasteiger partial charge in [-0.25, -0.2) is 0 Å². The van der Waals surface area contributed by atoms with Gasteiger partial charge in [-0.15, -0.1) is 0 Å². The Morgan fingerprint density at radius 1 is 1.24 bits per heavy atom. The van der Waals surface area contributed by atoms with Crippen LogP contribution in [0.5, 0.6) is 0 Å². The van der Waals surface area contributed by atoms with Crippen LogP contribution in [-0.2, 0) is 9.47 Å². The maximum atomic E-state index is 9.85. The fourth-order valence-corrected chi connectivity index (χ4v) is 2.03. The van der Waals surface area contributed by atoms with Crippen molar-refractivity contribution in [3.8, 4) is 0 Å². The molecule has 2 N–H and O–H groups in total. The van der Waals surface area contributed by atoms with Crippen molar-refractivity contribution < 1.29 is 14.6 Å². The smallest absolute Gasteiger partial charge is 0.0897 e. The zero-order valence-corrected chi connectivity index (χ0v) is 13.8. The van der Waals surface area contributed by atoms with Crippen molar-refractivity contribution in [1.29, 1.82) is 0 Å². The third kappa shape index (κ3) is 8.39. The molecule has 2 atom stereocenters. The molecule has 0 aromatic heterocycles. The van der Waals surface area contributed by atoms with Gasteiger partial charge in [0.2, 0.25) is 0 Å². The predicted molar refractivity (Wildman–Crippen MR) is 85.8 cm³/mol. The van der Waals surface area contributed by atoms with Crippen LogP contribution in [0.1, 0.15) is 32.4 Å². The second kappa shape index (κ2) is 10.1. The molecule has 21 heavy (non-hydrogen) atoms. The van der Waals surface area contributed by atoms with Crippen LogP contribution in [0.3, 0.4) is 0 Å². The monoisotopic (exact) mass is 315 g/mol. The fraction of sp³-hybridized carbons (Fsp3) is 0.625. The van der Waals surface area contributed by atoms with Crippen molar-refractivity contribution in [2.24, 2.45) is 0 Å². The lowest BCUT2D eigenvalue weighted by Crippen LogP contribution is -2.32. The van der Waals surface area contributed by atoms with E-state index in [1.807, 2.05) is 45.0 Å². The van der Waals surface area contributed by atoms with E-state index in [-0.39, 0.29) is 12.1 Å². The second-order valence-corrected chi connectivity index (χ2v) is 5.77. The number of ether oxygens (including phenoxy) is 2. The van der Waals surface area contributed by atoms with Gasteiger partial charge in [0.25, 0.3) is 0 Å². The Labute approximate surface area is 132 Å². The number of halogens is 1. The molecule has 0 amide bonds. The van der Waals surface area contributed by atoms with E-state index in [4.69, 9.17) is 21.1 Å². The summed E-state index contributed by atoms with van der Waals surface area (Å²) in [6.07, 6.45) is -0.329. The molecule has 0 aliphatic heterocycles. The number of hydrogen-bond donors (Lipinski definition) is 2. The summed E-state index contributed by atoms with van der Waals surface area (Å²) < 4.78 is 10.7. The molecule has 1 aromatic carbocycles. The van der Waals surface area contributed by atoms with E-state index in [2.05, 4.69) is 5.32 Å². The lowest BCUT2D eigenvalue weighted by atomic mass is 10.1. The van der Waals surface area contributed by atoms with Gasteiger partial charge in [-0.2, -0.15) is 0 Å². The van der Waals surface area contributed by atoms with E-state index in [1.54, 1.807) is 0 Å². The largest absolute Gasteiger partial charge is 0.389 e. The first-order valence-corrected chi connectivity index (χ1v) is 7.73. The second-order valence-electron chi connectivity index (χ2n) is 5.33. The predicted octanol–water partition coefficient (Wildman–Crippen LogP) is 2.79. The highest BCUT2D eigenvalue weighted by molar-refractivity contribution is 6.30. The molecular formula is C16H26ClNO3. The zero-order chi connectivity index (χ0) is 15.7. The molecule has 0 aliphatic rings. The summed E-state index contributed by atoms with van der Waals surface area (Å²) in [7, 11) is 0. The Hall–Kier alpha value is -0.650. The highest BCUT2D eigenvalue weighted by Gasteiger charge is 2.09. The van der Waals surface area contributed by atoms with Gasteiger partial charge in [-0.3, -0.25) is 0 Å². The topological polar surface area (TPSA) is 50.7 Å². The molecule has 5 heteroatoms. The number of aliphatic hydroxyl groups excluding tert-OH is 1. The van der Waals surface area contributed by atoms with E-state index < -0.39 is 6.10 Å². The quantitative estimate of drug-likeness (QED) is 0.652. The van der Waals surface area contributed by atoms with Crippen molar-refractivity contribution in [2.75, 3.05) is 26.4 Å². The Bertz CT molecular complexity index is 401. The van der Waals surface area contributed by atoms with Crippen LogP contribution in [0.2, 0.25) is 5.02 Å². The van der Waals surface area contributed by atoms with Crippen molar-refractivity contribution in [3.63, 3.8) is 0 Å². The molecule has 0 saturated heterocycles. The average Bonchev–Trinajstić information content (AvgIpc) is 2.44. The zero-order valence-electron chi connectivity index (χ0n) is 13.0. The summed E-state index contributed by atoms with van der Waals surface area (Å²) in [5.41, 5.74) is 1.10. The lowest BCUT2D eigenvalue weighted by molar-refractivity contribution is -0.0104. The highest BCUT2D eigenvalue weighted by atomic mass is 35.5. The molecule has 0 fully saturated rings. The van der Waals surface area contributed by atoms with Gasteiger partial charge >= 0.3 is 0 Å².